The third kappa shape index (κ3) is 6.82. The van der Waals surface area contributed by atoms with Gasteiger partial charge in [0, 0.05) is 38.2 Å². The highest BCUT2D eigenvalue weighted by Crippen LogP contribution is 2.12. The molecule has 1 unspecified atom stereocenters. The zero-order chi connectivity index (χ0) is 21.4. The number of rotatable bonds is 8. The third-order valence-electron chi connectivity index (χ3n) is 4.76. The van der Waals surface area contributed by atoms with E-state index in [0.29, 0.717) is 12.0 Å². The fourth-order valence-corrected chi connectivity index (χ4v) is 3.93. The van der Waals surface area contributed by atoms with E-state index in [-0.39, 0.29) is 56.8 Å². The van der Waals surface area contributed by atoms with Crippen molar-refractivity contribution in [1.29, 1.82) is 0 Å². The number of hydrogen-bond donors (Lipinski definition) is 1. The average molecular weight is 426 g/mol. The van der Waals surface area contributed by atoms with Gasteiger partial charge in [0.1, 0.15) is 6.04 Å². The van der Waals surface area contributed by atoms with Gasteiger partial charge in [-0.3, -0.25) is 14.4 Å². The monoisotopic (exact) mass is 425 g/mol. The molecule has 0 aliphatic carbocycles. The van der Waals surface area contributed by atoms with Crippen molar-refractivity contribution >= 4 is 27.8 Å². The number of hydrogen-bond acceptors (Lipinski definition) is 6. The Kier molecular flexibility index (Phi) is 8.15. The summed E-state index contributed by atoms with van der Waals surface area (Å²) in [6, 6.07) is 7.74. The summed E-state index contributed by atoms with van der Waals surface area (Å²) in [6.45, 7) is 0.930. The Morgan fingerprint density at radius 3 is 2.28 bits per heavy atom. The van der Waals surface area contributed by atoms with Gasteiger partial charge in [0.25, 0.3) is 5.91 Å². The van der Waals surface area contributed by atoms with Crippen LogP contribution in [-0.4, -0.2) is 81.0 Å². The molecule has 160 valence electrons. The number of benzene rings is 1. The van der Waals surface area contributed by atoms with E-state index in [4.69, 9.17) is 0 Å². The van der Waals surface area contributed by atoms with Crippen LogP contribution in [0.2, 0.25) is 0 Å². The zero-order valence-corrected chi connectivity index (χ0v) is 17.5. The summed E-state index contributed by atoms with van der Waals surface area (Å²) >= 11 is 0. The van der Waals surface area contributed by atoms with Crippen molar-refractivity contribution in [3.8, 4) is 0 Å². The molecule has 2 rings (SSSR count). The van der Waals surface area contributed by atoms with Crippen molar-refractivity contribution in [3.63, 3.8) is 0 Å². The van der Waals surface area contributed by atoms with Crippen LogP contribution in [0.5, 0.6) is 0 Å². The van der Waals surface area contributed by atoms with Gasteiger partial charge in [0.2, 0.25) is 15.9 Å². The maximum atomic E-state index is 13.0. The predicted molar refractivity (Wildman–Crippen MR) is 107 cm³/mol. The molecule has 1 N–H and O–H groups in total. The van der Waals surface area contributed by atoms with Crippen molar-refractivity contribution in [1.82, 2.24) is 14.5 Å². The van der Waals surface area contributed by atoms with Crippen LogP contribution in [0.1, 0.15) is 29.6 Å². The second kappa shape index (κ2) is 10.4. The molecule has 29 heavy (non-hydrogen) atoms. The lowest BCUT2D eigenvalue weighted by Crippen LogP contribution is -2.55. The van der Waals surface area contributed by atoms with Gasteiger partial charge in [-0.05, 0) is 25.0 Å². The first-order valence-corrected chi connectivity index (χ1v) is 11.2. The van der Waals surface area contributed by atoms with Crippen molar-refractivity contribution in [2.45, 2.75) is 25.3 Å². The Morgan fingerprint density at radius 2 is 1.72 bits per heavy atom. The summed E-state index contributed by atoms with van der Waals surface area (Å²) in [4.78, 5) is 38.4. The van der Waals surface area contributed by atoms with Crippen LogP contribution in [0.25, 0.3) is 0 Å². The van der Waals surface area contributed by atoms with Crippen molar-refractivity contribution < 1.29 is 27.5 Å². The second-order valence-corrected chi connectivity index (χ2v) is 8.83. The molecule has 1 fully saturated rings. The zero-order valence-electron chi connectivity index (χ0n) is 16.7. The van der Waals surface area contributed by atoms with Crippen LogP contribution in [0.4, 0.5) is 0 Å². The molecule has 9 nitrogen and oxygen atoms in total. The van der Waals surface area contributed by atoms with E-state index in [1.54, 1.807) is 35.2 Å². The molecule has 1 saturated heterocycles. The largest absolute Gasteiger partial charge is 0.469 e. The van der Waals surface area contributed by atoms with E-state index >= 15 is 0 Å². The summed E-state index contributed by atoms with van der Waals surface area (Å²) in [5, 5.41) is 2.75. The molecule has 1 heterocycles. The van der Waals surface area contributed by atoms with E-state index in [1.165, 1.54) is 11.4 Å². The normalized spacial score (nSPS) is 16.1. The van der Waals surface area contributed by atoms with E-state index in [9.17, 15) is 22.8 Å². The number of esters is 1. The highest BCUT2D eigenvalue weighted by atomic mass is 32.2. The lowest BCUT2D eigenvalue weighted by atomic mass is 10.1. The fraction of sp³-hybridized carbons (Fsp3) is 0.526. The van der Waals surface area contributed by atoms with E-state index in [0.717, 1.165) is 6.26 Å². The lowest BCUT2D eigenvalue weighted by molar-refractivity contribution is -0.141. The number of sulfonamides is 1. The third-order valence-corrected chi connectivity index (χ3v) is 6.06. The SMILES string of the molecule is COC(=O)CCCC(NC(=O)c1ccccc1)C(=O)N1CCN(S(C)(=O)=O)CC1. The smallest absolute Gasteiger partial charge is 0.305 e. The molecule has 1 atom stereocenters. The molecule has 1 aromatic rings. The first kappa shape index (κ1) is 22.8. The molecule has 1 aliphatic rings. The van der Waals surface area contributed by atoms with E-state index in [1.807, 2.05) is 0 Å². The maximum Gasteiger partial charge on any atom is 0.305 e. The molecule has 0 saturated carbocycles. The fourth-order valence-electron chi connectivity index (χ4n) is 3.10. The number of carbonyl (C=O) groups is 3. The topological polar surface area (TPSA) is 113 Å². The molecule has 0 bridgehead atoms. The predicted octanol–water partition coefficient (Wildman–Crippen LogP) is 0.232. The number of amides is 2. The molecule has 2 amide bonds. The van der Waals surface area contributed by atoms with Gasteiger partial charge in [-0.2, -0.15) is 4.31 Å². The molecule has 0 radical (unpaired) electrons. The van der Waals surface area contributed by atoms with Crippen molar-refractivity contribution in [3.05, 3.63) is 35.9 Å². The summed E-state index contributed by atoms with van der Waals surface area (Å²) in [7, 11) is -2.01. The molecule has 0 spiro atoms. The van der Waals surface area contributed by atoms with Gasteiger partial charge < -0.3 is 15.0 Å². The number of piperazine rings is 1. The highest BCUT2D eigenvalue weighted by Gasteiger charge is 2.31. The van der Waals surface area contributed by atoms with Crippen LogP contribution in [-0.2, 0) is 24.3 Å². The highest BCUT2D eigenvalue weighted by molar-refractivity contribution is 7.88. The molecule has 1 aromatic carbocycles. The van der Waals surface area contributed by atoms with Gasteiger partial charge in [-0.1, -0.05) is 18.2 Å². The standard InChI is InChI=1S/C19H27N3O6S/c1-28-17(23)10-6-9-16(20-18(24)15-7-4-3-5-8-15)19(25)21-11-13-22(14-12-21)29(2,26)27/h3-5,7-8,16H,6,9-14H2,1-2H3,(H,20,24). The van der Waals surface area contributed by atoms with Crippen LogP contribution in [0, 0.1) is 0 Å². The van der Waals surface area contributed by atoms with Gasteiger partial charge in [-0.15, -0.1) is 0 Å². The van der Waals surface area contributed by atoms with Gasteiger partial charge in [0.15, 0.2) is 0 Å². The summed E-state index contributed by atoms with van der Waals surface area (Å²) in [6.07, 6.45) is 1.93. The molecule has 1 aliphatic heterocycles. The minimum absolute atomic E-state index is 0.142. The molecule has 0 aromatic heterocycles. The quantitative estimate of drug-likeness (QED) is 0.597. The minimum Gasteiger partial charge on any atom is -0.469 e. The Balaban J connectivity index is 2.04. The van der Waals surface area contributed by atoms with Crippen LogP contribution in [0.15, 0.2) is 30.3 Å². The van der Waals surface area contributed by atoms with Crippen LogP contribution >= 0.6 is 0 Å². The minimum atomic E-state index is -3.30. The first-order valence-electron chi connectivity index (χ1n) is 9.39. The number of carbonyl (C=O) groups excluding carboxylic acids is 3. The molecular weight excluding hydrogens is 398 g/mol. The van der Waals surface area contributed by atoms with Crippen LogP contribution < -0.4 is 5.32 Å². The number of nitrogens with zero attached hydrogens (tertiary/aromatic N) is 2. The first-order chi connectivity index (χ1) is 13.7. The van der Waals surface area contributed by atoms with Crippen LogP contribution in [0.3, 0.4) is 0 Å². The number of ether oxygens (including phenoxy) is 1. The Morgan fingerprint density at radius 1 is 1.10 bits per heavy atom. The summed E-state index contributed by atoms with van der Waals surface area (Å²) in [5.41, 5.74) is 0.431. The maximum absolute atomic E-state index is 13.0. The number of methoxy groups -OCH3 is 1. The second-order valence-electron chi connectivity index (χ2n) is 6.85. The lowest BCUT2D eigenvalue weighted by Gasteiger charge is -2.35. The van der Waals surface area contributed by atoms with Crippen molar-refractivity contribution in [2.24, 2.45) is 0 Å². The average Bonchev–Trinajstić information content (AvgIpc) is 2.72. The van der Waals surface area contributed by atoms with E-state index in [2.05, 4.69) is 10.1 Å². The van der Waals surface area contributed by atoms with Crippen molar-refractivity contribution in [2.75, 3.05) is 39.5 Å². The number of nitrogens with one attached hydrogen (secondary N) is 1. The van der Waals surface area contributed by atoms with Gasteiger partial charge >= 0.3 is 5.97 Å². The molecule has 10 heteroatoms. The molecular formula is C19H27N3O6S. The Labute approximate surface area is 171 Å². The Bertz CT molecular complexity index is 820. The van der Waals surface area contributed by atoms with E-state index < -0.39 is 16.1 Å². The Hall–Kier alpha value is -2.46. The van der Waals surface area contributed by atoms with Gasteiger partial charge in [0.05, 0.1) is 13.4 Å². The summed E-state index contributed by atoms with van der Waals surface area (Å²) in [5.74, 6) is -1.04. The summed E-state index contributed by atoms with van der Waals surface area (Å²) < 4.78 is 29.3. The van der Waals surface area contributed by atoms with Gasteiger partial charge in [-0.25, -0.2) is 8.42 Å².